The van der Waals surface area contributed by atoms with E-state index in [4.69, 9.17) is 0 Å². The lowest BCUT2D eigenvalue weighted by molar-refractivity contribution is -0.126. The molecule has 1 aromatic rings. The molecular weight excluding hydrogens is 266 g/mol. The number of nitrogens with zero attached hydrogens (tertiary/aromatic N) is 1. The number of piperidine rings is 1. The molecular formula is C16H21N3O2. The third-order valence-electron chi connectivity index (χ3n) is 4.37. The first-order chi connectivity index (χ1) is 10.2. The van der Waals surface area contributed by atoms with Gasteiger partial charge < -0.3 is 15.5 Å². The van der Waals surface area contributed by atoms with E-state index in [2.05, 4.69) is 10.6 Å². The van der Waals surface area contributed by atoms with E-state index in [0.29, 0.717) is 12.1 Å². The smallest absolute Gasteiger partial charge is 0.254 e. The highest BCUT2D eigenvalue weighted by molar-refractivity contribution is 5.98. The Morgan fingerprint density at radius 3 is 3.00 bits per heavy atom. The normalized spacial score (nSPS) is 20.6. The number of anilines is 1. The fraction of sp³-hybridized carbons (Fsp3) is 0.500. The minimum absolute atomic E-state index is 0.0296. The zero-order chi connectivity index (χ0) is 14.8. The second-order valence-corrected chi connectivity index (χ2v) is 5.67. The molecule has 2 amide bonds. The van der Waals surface area contributed by atoms with Crippen LogP contribution in [0, 0.1) is 0 Å². The predicted molar refractivity (Wildman–Crippen MR) is 81.4 cm³/mol. The molecule has 0 aromatic heterocycles. The topological polar surface area (TPSA) is 61.4 Å². The van der Waals surface area contributed by atoms with Crippen LogP contribution in [0.1, 0.15) is 35.2 Å². The summed E-state index contributed by atoms with van der Waals surface area (Å²) in [5.41, 5.74) is 3.00. The third kappa shape index (κ3) is 2.60. The van der Waals surface area contributed by atoms with E-state index >= 15 is 0 Å². The molecule has 2 aliphatic heterocycles. The van der Waals surface area contributed by atoms with Gasteiger partial charge in [-0.2, -0.15) is 0 Å². The summed E-state index contributed by atoms with van der Waals surface area (Å²) in [6.45, 7) is 1.59. The Morgan fingerprint density at radius 2 is 2.19 bits per heavy atom. The van der Waals surface area contributed by atoms with Gasteiger partial charge in [-0.25, -0.2) is 0 Å². The van der Waals surface area contributed by atoms with E-state index in [1.807, 2.05) is 18.2 Å². The summed E-state index contributed by atoms with van der Waals surface area (Å²) in [6.07, 6.45) is 3.66. The molecule has 3 rings (SSSR count). The van der Waals surface area contributed by atoms with Crippen LogP contribution in [-0.4, -0.2) is 42.9 Å². The number of benzene rings is 1. The van der Waals surface area contributed by atoms with Crippen molar-refractivity contribution in [3.05, 3.63) is 29.3 Å². The molecule has 2 N–H and O–H groups in total. The summed E-state index contributed by atoms with van der Waals surface area (Å²) in [5.74, 6) is -0.0936. The minimum Gasteiger partial charge on any atom is -0.384 e. The van der Waals surface area contributed by atoms with Gasteiger partial charge in [0, 0.05) is 31.4 Å². The van der Waals surface area contributed by atoms with Gasteiger partial charge in [0.2, 0.25) is 5.91 Å². The molecule has 1 saturated heterocycles. The molecule has 0 saturated carbocycles. The summed E-state index contributed by atoms with van der Waals surface area (Å²) >= 11 is 0. The van der Waals surface area contributed by atoms with Gasteiger partial charge in [-0.15, -0.1) is 0 Å². The Bertz CT molecular complexity index is 571. The van der Waals surface area contributed by atoms with Crippen LogP contribution in [-0.2, 0) is 11.2 Å². The highest BCUT2D eigenvalue weighted by Gasteiger charge is 2.32. The zero-order valence-electron chi connectivity index (χ0n) is 12.3. The average molecular weight is 287 g/mol. The fourth-order valence-electron chi connectivity index (χ4n) is 3.22. The SMILES string of the molecule is CNC(=O)C1CCCCN1C(=O)c1ccc2c(c1)CCN2. The molecule has 0 radical (unpaired) electrons. The monoisotopic (exact) mass is 287 g/mol. The standard InChI is InChI=1S/C16H21N3O2/c1-17-15(20)14-4-2-3-9-19(14)16(21)12-5-6-13-11(10-12)7-8-18-13/h5-6,10,14,18H,2-4,7-9H2,1H3,(H,17,20). The Kier molecular flexibility index (Phi) is 3.82. The van der Waals surface area contributed by atoms with Gasteiger partial charge in [-0.1, -0.05) is 0 Å². The molecule has 112 valence electrons. The second-order valence-electron chi connectivity index (χ2n) is 5.67. The number of hydrogen-bond donors (Lipinski definition) is 2. The van der Waals surface area contributed by atoms with Crippen LogP contribution in [0.4, 0.5) is 5.69 Å². The summed E-state index contributed by atoms with van der Waals surface area (Å²) in [5, 5.41) is 5.96. The van der Waals surface area contributed by atoms with Crippen LogP contribution in [0.2, 0.25) is 0 Å². The molecule has 21 heavy (non-hydrogen) atoms. The van der Waals surface area contributed by atoms with Crippen molar-refractivity contribution < 1.29 is 9.59 Å². The molecule has 0 spiro atoms. The van der Waals surface area contributed by atoms with E-state index in [9.17, 15) is 9.59 Å². The van der Waals surface area contributed by atoms with Gasteiger partial charge in [0.15, 0.2) is 0 Å². The van der Waals surface area contributed by atoms with Gasteiger partial charge in [-0.3, -0.25) is 9.59 Å². The Morgan fingerprint density at radius 1 is 1.33 bits per heavy atom. The van der Waals surface area contributed by atoms with Gasteiger partial charge in [0.25, 0.3) is 5.91 Å². The summed E-state index contributed by atoms with van der Waals surface area (Å²) < 4.78 is 0. The van der Waals surface area contributed by atoms with Crippen LogP contribution in [0.15, 0.2) is 18.2 Å². The number of nitrogens with one attached hydrogen (secondary N) is 2. The first-order valence-corrected chi connectivity index (χ1v) is 7.60. The first-order valence-electron chi connectivity index (χ1n) is 7.60. The predicted octanol–water partition coefficient (Wildman–Crippen LogP) is 1.40. The zero-order valence-corrected chi connectivity index (χ0v) is 12.3. The molecule has 5 heteroatoms. The number of carbonyl (C=O) groups is 2. The molecule has 1 atom stereocenters. The van der Waals surface area contributed by atoms with E-state index in [1.54, 1.807) is 11.9 Å². The van der Waals surface area contributed by atoms with E-state index in [-0.39, 0.29) is 17.9 Å². The van der Waals surface area contributed by atoms with Gasteiger partial charge in [-0.05, 0) is 49.4 Å². The number of rotatable bonds is 2. The van der Waals surface area contributed by atoms with Gasteiger partial charge in [0.1, 0.15) is 6.04 Å². The Hall–Kier alpha value is -2.04. The summed E-state index contributed by atoms with van der Waals surface area (Å²) in [4.78, 5) is 26.5. The van der Waals surface area contributed by atoms with Crippen LogP contribution in [0.5, 0.6) is 0 Å². The molecule has 1 aromatic carbocycles. The number of amides is 2. The Labute approximate surface area is 124 Å². The van der Waals surface area contributed by atoms with Crippen molar-refractivity contribution in [3.63, 3.8) is 0 Å². The first kappa shape index (κ1) is 13.9. The van der Waals surface area contributed by atoms with E-state index in [0.717, 1.165) is 37.9 Å². The van der Waals surface area contributed by atoms with Crippen molar-refractivity contribution >= 4 is 17.5 Å². The molecule has 2 heterocycles. The lowest BCUT2D eigenvalue weighted by atomic mass is 9.99. The maximum atomic E-state index is 12.8. The van der Waals surface area contributed by atoms with Crippen molar-refractivity contribution in [2.24, 2.45) is 0 Å². The molecule has 0 aliphatic carbocycles. The minimum atomic E-state index is -0.331. The molecule has 2 aliphatic rings. The maximum absolute atomic E-state index is 12.8. The molecule has 1 fully saturated rings. The van der Waals surface area contributed by atoms with Crippen molar-refractivity contribution in [1.82, 2.24) is 10.2 Å². The maximum Gasteiger partial charge on any atom is 0.254 e. The van der Waals surface area contributed by atoms with Gasteiger partial charge in [0.05, 0.1) is 0 Å². The number of likely N-dealkylation sites (N-methyl/N-ethyl adjacent to an activating group) is 1. The molecule has 1 unspecified atom stereocenters. The van der Waals surface area contributed by atoms with Crippen molar-refractivity contribution in [2.45, 2.75) is 31.7 Å². The van der Waals surface area contributed by atoms with Crippen LogP contribution < -0.4 is 10.6 Å². The number of hydrogen-bond acceptors (Lipinski definition) is 3. The van der Waals surface area contributed by atoms with Crippen LogP contribution in [0.25, 0.3) is 0 Å². The quantitative estimate of drug-likeness (QED) is 0.864. The van der Waals surface area contributed by atoms with Crippen LogP contribution >= 0.6 is 0 Å². The van der Waals surface area contributed by atoms with E-state index in [1.165, 1.54) is 5.56 Å². The van der Waals surface area contributed by atoms with Crippen molar-refractivity contribution in [2.75, 3.05) is 25.5 Å². The summed E-state index contributed by atoms with van der Waals surface area (Å²) in [6, 6.07) is 5.46. The lowest BCUT2D eigenvalue weighted by Gasteiger charge is -2.34. The highest BCUT2D eigenvalue weighted by atomic mass is 16.2. The number of likely N-dealkylation sites (tertiary alicyclic amines) is 1. The van der Waals surface area contributed by atoms with Crippen LogP contribution in [0.3, 0.4) is 0 Å². The molecule has 0 bridgehead atoms. The highest BCUT2D eigenvalue weighted by Crippen LogP contribution is 2.25. The fourth-order valence-corrected chi connectivity index (χ4v) is 3.22. The van der Waals surface area contributed by atoms with Crippen molar-refractivity contribution in [3.8, 4) is 0 Å². The summed E-state index contributed by atoms with van der Waals surface area (Å²) in [7, 11) is 1.63. The van der Waals surface area contributed by atoms with Crippen molar-refractivity contribution in [1.29, 1.82) is 0 Å². The van der Waals surface area contributed by atoms with E-state index < -0.39 is 0 Å². The Balaban J connectivity index is 1.84. The largest absolute Gasteiger partial charge is 0.384 e. The molecule has 5 nitrogen and oxygen atoms in total. The lowest BCUT2D eigenvalue weighted by Crippen LogP contribution is -2.51. The third-order valence-corrected chi connectivity index (χ3v) is 4.37. The second kappa shape index (κ2) is 5.76. The van der Waals surface area contributed by atoms with Gasteiger partial charge >= 0.3 is 0 Å². The number of carbonyl (C=O) groups excluding carboxylic acids is 2. The number of fused-ring (bicyclic) bond motifs is 1. The average Bonchev–Trinajstić information content (AvgIpc) is 3.01.